The van der Waals surface area contributed by atoms with Crippen molar-refractivity contribution in [3.05, 3.63) is 0 Å². The molecule has 2 aliphatic rings. The van der Waals surface area contributed by atoms with Crippen molar-refractivity contribution in [2.24, 2.45) is 11.3 Å². The van der Waals surface area contributed by atoms with Crippen LogP contribution in [-0.4, -0.2) is 25.5 Å². The van der Waals surface area contributed by atoms with Crippen LogP contribution in [0.5, 0.6) is 0 Å². The highest BCUT2D eigenvalue weighted by Crippen LogP contribution is 2.27. The fourth-order valence-electron chi connectivity index (χ4n) is 2.91. The maximum Gasteiger partial charge on any atom is 0.227 e. The van der Waals surface area contributed by atoms with Gasteiger partial charge in [0.25, 0.3) is 0 Å². The van der Waals surface area contributed by atoms with E-state index in [1.165, 1.54) is 32.1 Å². The molecule has 1 aliphatic heterocycles. The first-order chi connectivity index (χ1) is 7.71. The molecule has 0 radical (unpaired) electrons. The van der Waals surface area contributed by atoms with E-state index in [-0.39, 0.29) is 23.7 Å². The summed E-state index contributed by atoms with van der Waals surface area (Å²) in [5.41, 5.74) is -0.157. The molecular formula is C13H25ClN2O. The van der Waals surface area contributed by atoms with Gasteiger partial charge in [-0.05, 0) is 32.2 Å². The number of nitrogens with one attached hydrogen (secondary N) is 2. The van der Waals surface area contributed by atoms with Crippen molar-refractivity contribution in [2.75, 3.05) is 19.6 Å². The van der Waals surface area contributed by atoms with Crippen LogP contribution < -0.4 is 10.6 Å². The molecule has 3 nitrogen and oxygen atoms in total. The van der Waals surface area contributed by atoms with Crippen molar-refractivity contribution in [2.45, 2.75) is 45.4 Å². The summed E-state index contributed by atoms with van der Waals surface area (Å²) in [4.78, 5) is 12.0. The highest BCUT2D eigenvalue weighted by molar-refractivity contribution is 5.85. The fourth-order valence-corrected chi connectivity index (χ4v) is 2.91. The third-order valence-electron chi connectivity index (χ3n) is 4.23. The van der Waals surface area contributed by atoms with E-state index in [0.717, 1.165) is 32.0 Å². The Hall–Kier alpha value is -0.280. The molecule has 1 saturated carbocycles. The largest absolute Gasteiger partial charge is 0.356 e. The van der Waals surface area contributed by atoms with E-state index in [4.69, 9.17) is 0 Å². The van der Waals surface area contributed by atoms with Gasteiger partial charge < -0.3 is 10.6 Å². The van der Waals surface area contributed by atoms with Crippen LogP contribution in [-0.2, 0) is 4.79 Å². The van der Waals surface area contributed by atoms with Gasteiger partial charge in [-0.2, -0.15) is 0 Å². The second kappa shape index (κ2) is 6.60. The highest BCUT2D eigenvalue weighted by atomic mass is 35.5. The number of amides is 1. The molecule has 1 aliphatic carbocycles. The Balaban J connectivity index is 0.00000144. The zero-order chi connectivity index (χ0) is 11.4. The maximum absolute atomic E-state index is 12.0. The predicted octanol–water partition coefficient (Wildman–Crippen LogP) is 2.10. The molecule has 0 aromatic carbocycles. The van der Waals surface area contributed by atoms with E-state index >= 15 is 0 Å². The monoisotopic (exact) mass is 260 g/mol. The SMILES string of the molecule is CC1(C(=O)NCCC2CCCC2)CCNC1.Cl. The molecule has 4 heteroatoms. The maximum atomic E-state index is 12.0. The van der Waals surface area contributed by atoms with Gasteiger partial charge in [-0.3, -0.25) is 4.79 Å². The lowest BCUT2D eigenvalue weighted by Gasteiger charge is -2.22. The van der Waals surface area contributed by atoms with Crippen LogP contribution in [0.3, 0.4) is 0 Å². The minimum absolute atomic E-state index is 0. The Bertz CT molecular complexity index is 246. The quantitative estimate of drug-likeness (QED) is 0.813. The molecule has 0 aromatic heterocycles. The van der Waals surface area contributed by atoms with Gasteiger partial charge in [0.05, 0.1) is 5.41 Å². The molecule has 2 fully saturated rings. The summed E-state index contributed by atoms with van der Waals surface area (Å²) in [6.45, 7) is 4.76. The molecule has 17 heavy (non-hydrogen) atoms. The van der Waals surface area contributed by atoms with Crippen LogP contribution in [0.4, 0.5) is 0 Å². The first-order valence-electron chi connectivity index (χ1n) is 6.70. The van der Waals surface area contributed by atoms with Crippen molar-refractivity contribution >= 4 is 18.3 Å². The summed E-state index contributed by atoms with van der Waals surface area (Å²) in [7, 11) is 0. The molecule has 0 aromatic rings. The Morgan fingerprint density at radius 1 is 1.41 bits per heavy atom. The van der Waals surface area contributed by atoms with Crippen LogP contribution in [0.25, 0.3) is 0 Å². The second-order valence-electron chi connectivity index (χ2n) is 5.68. The van der Waals surface area contributed by atoms with Gasteiger partial charge >= 0.3 is 0 Å². The number of halogens is 1. The van der Waals surface area contributed by atoms with Crippen molar-refractivity contribution < 1.29 is 4.79 Å². The fraction of sp³-hybridized carbons (Fsp3) is 0.923. The molecule has 1 heterocycles. The predicted molar refractivity (Wildman–Crippen MR) is 72.4 cm³/mol. The van der Waals surface area contributed by atoms with Crippen LogP contribution >= 0.6 is 12.4 Å². The molecule has 2 N–H and O–H groups in total. The molecule has 2 rings (SSSR count). The summed E-state index contributed by atoms with van der Waals surface area (Å²) in [5.74, 6) is 1.12. The zero-order valence-electron chi connectivity index (χ0n) is 10.8. The number of carbonyl (C=O) groups is 1. The minimum atomic E-state index is -0.157. The number of rotatable bonds is 4. The summed E-state index contributed by atoms with van der Waals surface area (Å²) in [6, 6.07) is 0. The van der Waals surface area contributed by atoms with E-state index in [0.29, 0.717) is 0 Å². The van der Waals surface area contributed by atoms with Gasteiger partial charge in [-0.25, -0.2) is 0 Å². The van der Waals surface area contributed by atoms with Crippen molar-refractivity contribution in [1.82, 2.24) is 10.6 Å². The smallest absolute Gasteiger partial charge is 0.227 e. The van der Waals surface area contributed by atoms with Crippen molar-refractivity contribution in [1.29, 1.82) is 0 Å². The van der Waals surface area contributed by atoms with Crippen LogP contribution in [0.2, 0.25) is 0 Å². The Kier molecular flexibility index (Phi) is 5.74. The average Bonchev–Trinajstić information content (AvgIpc) is 2.90. The Morgan fingerprint density at radius 3 is 2.71 bits per heavy atom. The third-order valence-corrected chi connectivity index (χ3v) is 4.23. The van der Waals surface area contributed by atoms with Gasteiger partial charge in [0, 0.05) is 13.1 Å². The van der Waals surface area contributed by atoms with E-state index in [9.17, 15) is 4.79 Å². The van der Waals surface area contributed by atoms with Gasteiger partial charge in [-0.15, -0.1) is 12.4 Å². The topological polar surface area (TPSA) is 41.1 Å². The standard InChI is InChI=1S/C13H24N2O.ClH/c1-13(7-9-14-10-13)12(16)15-8-6-11-4-2-3-5-11;/h11,14H,2-10H2,1H3,(H,15,16);1H. The average molecular weight is 261 g/mol. The molecule has 1 amide bonds. The van der Waals surface area contributed by atoms with Crippen LogP contribution in [0, 0.1) is 11.3 Å². The number of carbonyl (C=O) groups excluding carboxylic acids is 1. The number of hydrogen-bond donors (Lipinski definition) is 2. The summed E-state index contributed by atoms with van der Waals surface area (Å²) < 4.78 is 0. The first-order valence-corrected chi connectivity index (χ1v) is 6.70. The molecule has 100 valence electrons. The third kappa shape index (κ3) is 3.85. The molecule has 0 bridgehead atoms. The van der Waals surface area contributed by atoms with Crippen LogP contribution in [0.1, 0.15) is 45.4 Å². The van der Waals surface area contributed by atoms with E-state index in [1.807, 2.05) is 0 Å². The molecule has 1 saturated heterocycles. The number of hydrogen-bond acceptors (Lipinski definition) is 2. The van der Waals surface area contributed by atoms with Gasteiger partial charge in [0.15, 0.2) is 0 Å². The molecular weight excluding hydrogens is 236 g/mol. The van der Waals surface area contributed by atoms with Crippen molar-refractivity contribution in [3.8, 4) is 0 Å². The highest BCUT2D eigenvalue weighted by Gasteiger charge is 2.35. The van der Waals surface area contributed by atoms with E-state index < -0.39 is 0 Å². The minimum Gasteiger partial charge on any atom is -0.356 e. The zero-order valence-corrected chi connectivity index (χ0v) is 11.6. The molecule has 1 atom stereocenters. The Labute approximate surface area is 111 Å². The van der Waals surface area contributed by atoms with Gasteiger partial charge in [0.1, 0.15) is 0 Å². The lowest BCUT2D eigenvalue weighted by atomic mass is 9.88. The first kappa shape index (κ1) is 14.8. The van der Waals surface area contributed by atoms with Gasteiger partial charge in [0.2, 0.25) is 5.91 Å². The molecule has 1 unspecified atom stereocenters. The summed E-state index contributed by atoms with van der Waals surface area (Å²) in [5, 5.41) is 6.38. The summed E-state index contributed by atoms with van der Waals surface area (Å²) in [6.07, 6.45) is 7.67. The van der Waals surface area contributed by atoms with E-state index in [1.54, 1.807) is 0 Å². The van der Waals surface area contributed by atoms with E-state index in [2.05, 4.69) is 17.6 Å². The summed E-state index contributed by atoms with van der Waals surface area (Å²) >= 11 is 0. The lowest BCUT2D eigenvalue weighted by Crippen LogP contribution is -2.41. The normalized spacial score (nSPS) is 29.0. The van der Waals surface area contributed by atoms with Crippen LogP contribution in [0.15, 0.2) is 0 Å². The van der Waals surface area contributed by atoms with Gasteiger partial charge in [-0.1, -0.05) is 25.7 Å². The Morgan fingerprint density at radius 2 is 2.12 bits per heavy atom. The lowest BCUT2D eigenvalue weighted by molar-refractivity contribution is -0.129. The molecule has 0 spiro atoms. The second-order valence-corrected chi connectivity index (χ2v) is 5.68. The van der Waals surface area contributed by atoms with Crippen molar-refractivity contribution in [3.63, 3.8) is 0 Å².